The van der Waals surface area contributed by atoms with Crippen LogP contribution < -0.4 is 10.1 Å². The zero-order valence-corrected chi connectivity index (χ0v) is 17.1. The number of hydrogen-bond donors (Lipinski definition) is 1. The quantitative estimate of drug-likeness (QED) is 0.565. The first-order valence-corrected chi connectivity index (χ1v) is 10.0. The van der Waals surface area contributed by atoms with E-state index in [2.05, 4.69) is 27.4 Å². The van der Waals surface area contributed by atoms with Crippen LogP contribution in [0, 0.1) is 13.8 Å². The molecule has 0 saturated heterocycles. The molecule has 2 aromatic heterocycles. The molecule has 0 spiro atoms. The molecule has 0 aliphatic carbocycles. The molecule has 1 N–H and O–H groups in total. The van der Waals surface area contributed by atoms with Gasteiger partial charge in [-0.1, -0.05) is 6.07 Å². The third-order valence-electron chi connectivity index (χ3n) is 4.58. The van der Waals surface area contributed by atoms with Crippen LogP contribution in [0.5, 0.6) is 5.75 Å². The van der Waals surface area contributed by atoms with Crippen LogP contribution in [0.2, 0.25) is 0 Å². The van der Waals surface area contributed by atoms with Crippen molar-refractivity contribution in [3.63, 3.8) is 0 Å². The van der Waals surface area contributed by atoms with E-state index < -0.39 is 0 Å². The number of ether oxygens (including phenoxy) is 1. The highest BCUT2D eigenvalue weighted by atomic mass is 32.1. The molecule has 28 heavy (non-hydrogen) atoms. The molecular formula is C22H24N2O3S. The van der Waals surface area contributed by atoms with Crippen LogP contribution in [0.1, 0.15) is 33.5 Å². The van der Waals surface area contributed by atoms with E-state index in [4.69, 9.17) is 4.74 Å². The number of thiophene rings is 1. The van der Waals surface area contributed by atoms with Gasteiger partial charge in [0.05, 0.1) is 0 Å². The lowest BCUT2D eigenvalue weighted by atomic mass is 10.1. The molecular weight excluding hydrogens is 372 g/mol. The molecule has 3 rings (SSSR count). The van der Waals surface area contributed by atoms with E-state index in [0.717, 1.165) is 24.4 Å². The Morgan fingerprint density at radius 1 is 1.14 bits per heavy atom. The highest BCUT2D eigenvalue weighted by molar-refractivity contribution is 7.09. The maximum Gasteiger partial charge on any atom is 0.221 e. The highest BCUT2D eigenvalue weighted by Gasteiger charge is 2.16. The summed E-state index contributed by atoms with van der Waals surface area (Å²) in [5, 5.41) is 4.78. The summed E-state index contributed by atoms with van der Waals surface area (Å²) >= 11 is 1.75. The van der Waals surface area contributed by atoms with Crippen LogP contribution in [0.15, 0.2) is 47.8 Å². The number of Topliss-reactive ketones (excluding diaryl/α,β-unsaturated/α-hetero) is 1. The molecule has 146 valence electrons. The third kappa shape index (κ3) is 4.89. The predicted octanol–water partition coefficient (Wildman–Crippen LogP) is 4.63. The topological polar surface area (TPSA) is 60.3 Å². The summed E-state index contributed by atoms with van der Waals surface area (Å²) in [6, 6.07) is 13.1. The van der Waals surface area contributed by atoms with Gasteiger partial charge in [0.25, 0.3) is 0 Å². The Labute approximate surface area is 169 Å². The van der Waals surface area contributed by atoms with Crippen molar-refractivity contribution in [3.05, 3.63) is 69.7 Å². The number of amides is 1. The van der Waals surface area contributed by atoms with Crippen molar-refractivity contribution in [3.8, 4) is 5.75 Å². The Kier molecular flexibility index (Phi) is 6.31. The molecule has 0 unspecified atom stereocenters. The van der Waals surface area contributed by atoms with Crippen LogP contribution in [0.25, 0.3) is 0 Å². The molecule has 0 bridgehead atoms. The number of anilines is 1. The van der Waals surface area contributed by atoms with Crippen LogP contribution in [0.4, 0.5) is 5.69 Å². The Balaban J connectivity index is 1.61. The van der Waals surface area contributed by atoms with Gasteiger partial charge in [-0.15, -0.1) is 11.3 Å². The molecule has 0 aliphatic heterocycles. The maximum atomic E-state index is 12.7. The fraction of sp³-hybridized carbons (Fsp3) is 0.273. The van der Waals surface area contributed by atoms with Gasteiger partial charge in [0.1, 0.15) is 5.75 Å². The Hall–Kier alpha value is -2.86. The molecule has 5 nitrogen and oxygen atoms in total. The van der Waals surface area contributed by atoms with E-state index >= 15 is 0 Å². The normalized spacial score (nSPS) is 10.7. The summed E-state index contributed by atoms with van der Waals surface area (Å²) in [5.41, 5.74) is 3.46. The van der Waals surface area contributed by atoms with Gasteiger partial charge in [-0.05, 0) is 62.0 Å². The summed E-state index contributed by atoms with van der Waals surface area (Å²) in [6.07, 6.45) is 0.957. The SMILES string of the molecule is CC(=O)Nc1ccc(OCC(=O)c2cc(C)n(CCc3cccs3)c2C)cc1. The predicted molar refractivity (Wildman–Crippen MR) is 113 cm³/mol. The van der Waals surface area contributed by atoms with Crippen molar-refractivity contribution < 1.29 is 14.3 Å². The van der Waals surface area contributed by atoms with E-state index in [-0.39, 0.29) is 18.3 Å². The van der Waals surface area contributed by atoms with E-state index in [1.54, 1.807) is 35.6 Å². The fourth-order valence-corrected chi connectivity index (χ4v) is 3.87. The Bertz CT molecular complexity index is 957. The van der Waals surface area contributed by atoms with Crippen molar-refractivity contribution >= 4 is 28.7 Å². The second-order valence-electron chi connectivity index (χ2n) is 6.68. The number of carbonyl (C=O) groups is 2. The van der Waals surface area contributed by atoms with E-state index in [0.29, 0.717) is 17.0 Å². The maximum absolute atomic E-state index is 12.7. The lowest BCUT2D eigenvalue weighted by Crippen LogP contribution is -2.13. The van der Waals surface area contributed by atoms with E-state index in [9.17, 15) is 9.59 Å². The highest BCUT2D eigenvalue weighted by Crippen LogP contribution is 2.20. The Morgan fingerprint density at radius 3 is 2.54 bits per heavy atom. The average molecular weight is 397 g/mol. The first-order valence-electron chi connectivity index (χ1n) is 9.17. The van der Waals surface area contributed by atoms with Crippen molar-refractivity contribution in [2.24, 2.45) is 0 Å². The van der Waals surface area contributed by atoms with Crippen LogP contribution in [-0.4, -0.2) is 22.9 Å². The molecule has 0 saturated carbocycles. The number of benzene rings is 1. The summed E-state index contributed by atoms with van der Waals surface area (Å²) in [7, 11) is 0. The molecule has 2 heterocycles. The number of hydrogen-bond acceptors (Lipinski definition) is 4. The van der Waals surface area contributed by atoms with E-state index in [1.807, 2.05) is 19.9 Å². The van der Waals surface area contributed by atoms with Gasteiger partial charge in [0.15, 0.2) is 6.61 Å². The minimum atomic E-state index is -0.127. The molecule has 1 aromatic carbocycles. The summed E-state index contributed by atoms with van der Waals surface area (Å²) in [5.74, 6) is 0.425. The van der Waals surface area contributed by atoms with Gasteiger partial charge >= 0.3 is 0 Å². The zero-order valence-electron chi connectivity index (χ0n) is 16.3. The van der Waals surface area contributed by atoms with Crippen molar-refractivity contribution in [1.29, 1.82) is 0 Å². The number of nitrogens with zero attached hydrogens (tertiary/aromatic N) is 1. The molecule has 0 radical (unpaired) electrons. The molecule has 6 heteroatoms. The van der Waals surface area contributed by atoms with Crippen LogP contribution >= 0.6 is 11.3 Å². The first-order chi connectivity index (χ1) is 13.4. The van der Waals surface area contributed by atoms with Gasteiger partial charge < -0.3 is 14.6 Å². The number of carbonyl (C=O) groups excluding carboxylic acids is 2. The molecule has 1 amide bonds. The van der Waals surface area contributed by atoms with Crippen LogP contribution in [-0.2, 0) is 17.8 Å². The second kappa shape index (κ2) is 8.89. The van der Waals surface area contributed by atoms with Gasteiger partial charge in [0, 0.05) is 41.0 Å². The lowest BCUT2D eigenvalue weighted by Gasteiger charge is -2.10. The van der Waals surface area contributed by atoms with Gasteiger partial charge in [-0.3, -0.25) is 9.59 Å². The van der Waals surface area contributed by atoms with Crippen molar-refractivity contribution in [1.82, 2.24) is 4.57 Å². The lowest BCUT2D eigenvalue weighted by molar-refractivity contribution is -0.114. The average Bonchev–Trinajstić information content (AvgIpc) is 3.27. The summed E-state index contributed by atoms with van der Waals surface area (Å²) in [4.78, 5) is 25.1. The van der Waals surface area contributed by atoms with Gasteiger partial charge in [0.2, 0.25) is 11.7 Å². The molecule has 0 atom stereocenters. The van der Waals surface area contributed by atoms with E-state index in [1.165, 1.54) is 11.8 Å². The van der Waals surface area contributed by atoms with Gasteiger partial charge in [-0.25, -0.2) is 0 Å². The number of nitrogens with one attached hydrogen (secondary N) is 1. The molecule has 0 aliphatic rings. The number of rotatable bonds is 8. The van der Waals surface area contributed by atoms with Crippen LogP contribution in [0.3, 0.4) is 0 Å². The number of aryl methyl sites for hydroxylation is 2. The zero-order chi connectivity index (χ0) is 20.1. The molecule has 3 aromatic rings. The molecule has 0 fully saturated rings. The largest absolute Gasteiger partial charge is 0.485 e. The number of ketones is 1. The summed E-state index contributed by atoms with van der Waals surface area (Å²) in [6.45, 7) is 6.31. The van der Waals surface area contributed by atoms with Gasteiger partial charge in [-0.2, -0.15) is 0 Å². The third-order valence-corrected chi connectivity index (χ3v) is 5.52. The fourth-order valence-electron chi connectivity index (χ4n) is 3.17. The monoisotopic (exact) mass is 396 g/mol. The van der Waals surface area contributed by atoms with Crippen molar-refractivity contribution in [2.45, 2.75) is 33.7 Å². The standard InChI is InChI=1S/C22H24N2O3S/c1-15-13-21(16(2)24(15)11-10-20-5-4-12-28-20)22(26)14-27-19-8-6-18(7-9-19)23-17(3)25/h4-9,12-13H,10-11,14H2,1-3H3,(H,23,25). The van der Waals surface area contributed by atoms with Crippen molar-refractivity contribution in [2.75, 3.05) is 11.9 Å². The minimum Gasteiger partial charge on any atom is -0.485 e. The smallest absolute Gasteiger partial charge is 0.221 e. The first kappa shape index (κ1) is 19.9. The summed E-state index contributed by atoms with van der Waals surface area (Å²) < 4.78 is 7.83. The minimum absolute atomic E-state index is 0.0191. The Morgan fingerprint density at radius 2 is 1.89 bits per heavy atom. The second-order valence-corrected chi connectivity index (χ2v) is 7.72. The number of aromatic nitrogens is 1.